The van der Waals surface area contributed by atoms with Crippen molar-refractivity contribution < 1.29 is 4.84 Å². The van der Waals surface area contributed by atoms with Crippen molar-refractivity contribution in [3.05, 3.63) is 75.5 Å². The van der Waals surface area contributed by atoms with Gasteiger partial charge in [0, 0.05) is 5.02 Å². The normalized spacial score (nSPS) is 10.6. The average molecular weight is 314 g/mol. The van der Waals surface area contributed by atoms with E-state index in [9.17, 15) is 4.79 Å². The maximum Gasteiger partial charge on any atom is 0.314 e. The first-order chi connectivity index (χ1) is 10.7. The molecule has 3 rings (SSSR count). The zero-order valence-electron chi connectivity index (χ0n) is 11.6. The van der Waals surface area contributed by atoms with Gasteiger partial charge in [-0.1, -0.05) is 48.5 Å². The molecule has 0 spiro atoms. The molecule has 0 aliphatic rings. The Balaban J connectivity index is 1.84. The quantitative estimate of drug-likeness (QED) is 0.743. The number of aromatic nitrogens is 3. The lowest BCUT2D eigenvalue weighted by Crippen LogP contribution is -2.30. The van der Waals surface area contributed by atoms with Crippen LogP contribution in [0.4, 0.5) is 0 Å². The molecule has 0 saturated heterocycles. The minimum Gasteiger partial charge on any atom is -0.388 e. The summed E-state index contributed by atoms with van der Waals surface area (Å²) in [6.45, 7) is 3.91. The highest BCUT2D eigenvalue weighted by molar-refractivity contribution is 6.31. The van der Waals surface area contributed by atoms with E-state index in [1.54, 1.807) is 24.3 Å². The maximum absolute atomic E-state index is 12.2. The summed E-state index contributed by atoms with van der Waals surface area (Å²) in [4.78, 5) is 18.5. The highest BCUT2D eigenvalue weighted by atomic mass is 35.5. The number of hydrogen-bond donors (Lipinski definition) is 0. The van der Waals surface area contributed by atoms with Gasteiger partial charge in [0.15, 0.2) is 0 Å². The van der Waals surface area contributed by atoms with E-state index < -0.39 is 0 Å². The zero-order valence-corrected chi connectivity index (χ0v) is 12.3. The Labute approximate surface area is 131 Å². The van der Waals surface area contributed by atoms with Gasteiger partial charge in [0.25, 0.3) is 0 Å². The number of fused-ring (bicyclic) bond motifs is 1. The Morgan fingerprint density at radius 2 is 2.00 bits per heavy atom. The molecule has 6 heteroatoms. The summed E-state index contributed by atoms with van der Waals surface area (Å²) in [6.07, 6.45) is 1.76. The highest BCUT2D eigenvalue weighted by Gasteiger charge is 2.07. The molecule has 2 aromatic carbocycles. The van der Waals surface area contributed by atoms with Gasteiger partial charge in [-0.15, -0.1) is 5.10 Å². The summed E-state index contributed by atoms with van der Waals surface area (Å²) in [5, 5.41) is 8.59. The number of halogens is 1. The van der Waals surface area contributed by atoms with Crippen molar-refractivity contribution in [3.63, 3.8) is 0 Å². The Hall–Kier alpha value is -2.66. The van der Waals surface area contributed by atoms with E-state index >= 15 is 0 Å². The van der Waals surface area contributed by atoms with Gasteiger partial charge in [-0.25, -0.2) is 0 Å². The molecule has 1 heterocycles. The van der Waals surface area contributed by atoms with E-state index in [1.165, 1.54) is 0 Å². The van der Waals surface area contributed by atoms with Crippen LogP contribution >= 0.6 is 11.6 Å². The van der Waals surface area contributed by atoms with Gasteiger partial charge in [0.2, 0.25) is 0 Å². The molecule has 0 aliphatic heterocycles. The molecular formula is C16H12ClN3O2. The molecule has 1 aromatic heterocycles. The van der Waals surface area contributed by atoms with Crippen LogP contribution in [-0.2, 0) is 6.61 Å². The fourth-order valence-corrected chi connectivity index (χ4v) is 2.14. The monoisotopic (exact) mass is 313 g/mol. The lowest BCUT2D eigenvalue weighted by atomic mass is 10.1. The molecular weight excluding hydrogens is 302 g/mol. The summed E-state index contributed by atoms with van der Waals surface area (Å²) in [5.41, 5.74) is 2.00. The van der Waals surface area contributed by atoms with Gasteiger partial charge in [-0.05, 0) is 39.4 Å². The summed E-state index contributed by atoms with van der Waals surface area (Å²) < 4.78 is 0. The zero-order chi connectivity index (χ0) is 15.5. The second-order valence-corrected chi connectivity index (χ2v) is 5.08. The summed E-state index contributed by atoms with van der Waals surface area (Å²) >= 11 is 5.86. The fraction of sp³-hybridized carbons (Fsp3) is 0.0625. The summed E-state index contributed by atoms with van der Waals surface area (Å²) in [7, 11) is 0. The van der Waals surface area contributed by atoms with Crippen LogP contribution in [-0.4, -0.2) is 15.2 Å². The molecule has 0 bridgehead atoms. The van der Waals surface area contributed by atoms with Crippen molar-refractivity contribution in [3.8, 4) is 0 Å². The molecule has 0 N–H and O–H groups in total. The molecule has 110 valence electrons. The fourth-order valence-electron chi connectivity index (χ4n) is 1.97. The predicted molar refractivity (Wildman–Crippen MR) is 85.6 cm³/mol. The maximum atomic E-state index is 12.2. The van der Waals surface area contributed by atoms with E-state index in [0.717, 1.165) is 16.0 Å². The first-order valence-corrected chi connectivity index (χ1v) is 6.95. The minimum absolute atomic E-state index is 0.213. The van der Waals surface area contributed by atoms with Gasteiger partial charge >= 0.3 is 5.56 Å². The van der Waals surface area contributed by atoms with Gasteiger partial charge in [-0.3, -0.25) is 4.79 Å². The van der Waals surface area contributed by atoms with E-state index in [2.05, 4.69) is 16.9 Å². The lowest BCUT2D eigenvalue weighted by molar-refractivity contribution is 0.0550. The second-order valence-electron chi connectivity index (χ2n) is 4.65. The first kappa shape index (κ1) is 14.3. The van der Waals surface area contributed by atoms with Gasteiger partial charge < -0.3 is 4.84 Å². The summed E-state index contributed by atoms with van der Waals surface area (Å²) in [5.74, 6) is 0. The highest BCUT2D eigenvalue weighted by Crippen LogP contribution is 2.13. The molecule has 5 nitrogen and oxygen atoms in total. The SMILES string of the molecule is C=Cc1ccc(COn2nnc3cc(Cl)ccc3c2=O)cc1. The average Bonchev–Trinajstić information content (AvgIpc) is 2.54. The van der Waals surface area contributed by atoms with E-state index in [4.69, 9.17) is 16.4 Å². The van der Waals surface area contributed by atoms with Crippen LogP contribution in [0.3, 0.4) is 0 Å². The Kier molecular flexibility index (Phi) is 3.89. The molecule has 0 fully saturated rings. The van der Waals surface area contributed by atoms with Crippen molar-refractivity contribution in [2.45, 2.75) is 6.61 Å². The van der Waals surface area contributed by atoms with Crippen LogP contribution in [0.15, 0.2) is 53.8 Å². The van der Waals surface area contributed by atoms with E-state index in [0.29, 0.717) is 15.9 Å². The van der Waals surface area contributed by atoms with E-state index in [1.807, 2.05) is 24.3 Å². The molecule has 0 radical (unpaired) electrons. The molecule has 22 heavy (non-hydrogen) atoms. The van der Waals surface area contributed by atoms with Gasteiger partial charge in [-0.2, -0.15) is 0 Å². The van der Waals surface area contributed by atoms with Crippen LogP contribution in [0.1, 0.15) is 11.1 Å². The third-order valence-electron chi connectivity index (χ3n) is 3.17. The van der Waals surface area contributed by atoms with Crippen molar-refractivity contribution in [1.82, 2.24) is 15.2 Å². The van der Waals surface area contributed by atoms with Crippen molar-refractivity contribution >= 4 is 28.6 Å². The van der Waals surface area contributed by atoms with Crippen molar-refractivity contribution in [2.75, 3.05) is 0 Å². The largest absolute Gasteiger partial charge is 0.388 e. The molecule has 0 aliphatic carbocycles. The Morgan fingerprint density at radius 1 is 1.23 bits per heavy atom. The second kappa shape index (κ2) is 5.99. The lowest BCUT2D eigenvalue weighted by Gasteiger charge is -2.07. The number of benzene rings is 2. The Morgan fingerprint density at radius 3 is 2.73 bits per heavy atom. The predicted octanol–water partition coefficient (Wildman–Crippen LogP) is 2.72. The minimum atomic E-state index is -0.371. The molecule has 0 unspecified atom stereocenters. The summed E-state index contributed by atoms with van der Waals surface area (Å²) in [6, 6.07) is 12.5. The smallest absolute Gasteiger partial charge is 0.314 e. The molecule has 0 atom stereocenters. The standard InChI is InChI=1S/C16H12ClN3O2/c1-2-11-3-5-12(6-4-11)10-22-20-16(21)14-8-7-13(17)9-15(14)18-19-20/h2-9H,1,10H2. The number of nitrogens with zero attached hydrogens (tertiary/aromatic N) is 3. The van der Waals surface area contributed by atoms with Crippen LogP contribution < -0.4 is 10.4 Å². The van der Waals surface area contributed by atoms with Crippen LogP contribution in [0, 0.1) is 0 Å². The van der Waals surface area contributed by atoms with Crippen molar-refractivity contribution in [1.29, 1.82) is 0 Å². The Bertz CT molecular complexity index is 888. The van der Waals surface area contributed by atoms with Crippen molar-refractivity contribution in [2.24, 2.45) is 0 Å². The topological polar surface area (TPSA) is 57.0 Å². The van der Waals surface area contributed by atoms with Gasteiger partial charge in [0.1, 0.15) is 12.1 Å². The third kappa shape index (κ3) is 2.84. The first-order valence-electron chi connectivity index (χ1n) is 6.57. The number of hydrogen-bond acceptors (Lipinski definition) is 4. The number of rotatable bonds is 4. The third-order valence-corrected chi connectivity index (χ3v) is 3.40. The van der Waals surface area contributed by atoms with Gasteiger partial charge in [0.05, 0.1) is 5.39 Å². The molecule has 0 saturated carbocycles. The van der Waals surface area contributed by atoms with E-state index in [-0.39, 0.29) is 12.2 Å². The molecule has 0 amide bonds. The van der Waals surface area contributed by atoms with Crippen LogP contribution in [0.5, 0.6) is 0 Å². The van der Waals surface area contributed by atoms with Crippen LogP contribution in [0.25, 0.3) is 17.0 Å². The van der Waals surface area contributed by atoms with Crippen LogP contribution in [0.2, 0.25) is 5.02 Å². The molecule has 3 aromatic rings.